The van der Waals surface area contributed by atoms with E-state index in [2.05, 4.69) is 5.32 Å². The minimum atomic E-state index is -0.372. The highest BCUT2D eigenvalue weighted by Crippen LogP contribution is 2.31. The summed E-state index contributed by atoms with van der Waals surface area (Å²) in [6, 6.07) is 3.43. The Morgan fingerprint density at radius 3 is 2.55 bits per heavy atom. The molecule has 1 amide bonds. The van der Waals surface area contributed by atoms with Gasteiger partial charge in [0.05, 0.1) is 10.7 Å². The number of amides is 1. The quantitative estimate of drug-likeness (QED) is 0.874. The molecule has 0 saturated heterocycles. The zero-order valence-electron chi connectivity index (χ0n) is 11.6. The van der Waals surface area contributed by atoms with Crippen molar-refractivity contribution in [3.05, 3.63) is 27.7 Å². The molecule has 2 rings (SSSR count). The van der Waals surface area contributed by atoms with Gasteiger partial charge >= 0.3 is 0 Å². The number of nitrogens with one attached hydrogen (secondary N) is 1. The summed E-state index contributed by atoms with van der Waals surface area (Å²) < 4.78 is 0. The van der Waals surface area contributed by atoms with E-state index in [1.807, 2.05) is 6.92 Å². The van der Waals surface area contributed by atoms with Crippen LogP contribution in [0.4, 0.5) is 5.69 Å². The van der Waals surface area contributed by atoms with Crippen LogP contribution < -0.4 is 11.1 Å². The van der Waals surface area contributed by atoms with Crippen LogP contribution >= 0.6 is 23.2 Å². The smallest absolute Gasteiger partial charge is 0.226 e. The number of halogens is 2. The highest BCUT2D eigenvalue weighted by Gasteiger charge is 2.30. The number of hydrogen-bond donors (Lipinski definition) is 2. The molecule has 0 atom stereocenters. The first kappa shape index (κ1) is 15.6. The van der Waals surface area contributed by atoms with Gasteiger partial charge in [0, 0.05) is 17.0 Å². The second-order valence-corrected chi connectivity index (χ2v) is 6.54. The monoisotopic (exact) mass is 314 g/mol. The van der Waals surface area contributed by atoms with Crippen molar-refractivity contribution in [3.63, 3.8) is 0 Å². The summed E-state index contributed by atoms with van der Waals surface area (Å²) in [7, 11) is 0. The lowest BCUT2D eigenvalue weighted by Gasteiger charge is -2.32. The van der Waals surface area contributed by atoms with Crippen molar-refractivity contribution in [2.75, 3.05) is 5.32 Å². The molecular formula is C15H20Cl2N2O. The van der Waals surface area contributed by atoms with Crippen molar-refractivity contribution in [2.24, 2.45) is 5.73 Å². The minimum Gasteiger partial charge on any atom is -0.325 e. The Balaban J connectivity index is 2.03. The number of hydrogen-bond acceptors (Lipinski definition) is 2. The van der Waals surface area contributed by atoms with Crippen LogP contribution in [-0.4, -0.2) is 11.4 Å². The van der Waals surface area contributed by atoms with Gasteiger partial charge in [-0.05, 0) is 37.5 Å². The molecule has 0 aliphatic heterocycles. The molecule has 20 heavy (non-hydrogen) atoms. The number of carbonyl (C=O) groups excluding carboxylic acids is 1. The molecule has 5 heteroatoms. The summed E-state index contributed by atoms with van der Waals surface area (Å²) in [6.45, 7) is 1.87. The number of nitrogens with two attached hydrogens (primary N) is 1. The Kier molecular flexibility index (Phi) is 4.95. The topological polar surface area (TPSA) is 55.1 Å². The molecule has 0 aromatic heterocycles. The molecule has 0 spiro atoms. The second kappa shape index (κ2) is 6.33. The van der Waals surface area contributed by atoms with Crippen LogP contribution in [0.25, 0.3) is 0 Å². The van der Waals surface area contributed by atoms with E-state index < -0.39 is 0 Å². The van der Waals surface area contributed by atoms with Crippen molar-refractivity contribution < 1.29 is 4.79 Å². The summed E-state index contributed by atoms with van der Waals surface area (Å²) >= 11 is 12.2. The molecule has 0 heterocycles. The lowest BCUT2D eigenvalue weighted by atomic mass is 9.80. The number of aryl methyl sites for hydroxylation is 1. The molecule has 1 aliphatic carbocycles. The first-order chi connectivity index (χ1) is 9.39. The second-order valence-electron chi connectivity index (χ2n) is 5.73. The zero-order valence-corrected chi connectivity index (χ0v) is 13.2. The van der Waals surface area contributed by atoms with Crippen molar-refractivity contribution >= 4 is 34.8 Å². The molecular weight excluding hydrogens is 295 g/mol. The molecule has 1 saturated carbocycles. The number of carbonyl (C=O) groups is 1. The van der Waals surface area contributed by atoms with Gasteiger partial charge in [0.25, 0.3) is 0 Å². The molecule has 110 valence electrons. The maximum Gasteiger partial charge on any atom is 0.226 e. The SMILES string of the molecule is Cc1cc(Cl)c(NC(=O)CC2(N)CCCCC2)cc1Cl. The van der Waals surface area contributed by atoms with Crippen molar-refractivity contribution in [1.82, 2.24) is 0 Å². The van der Waals surface area contributed by atoms with E-state index in [9.17, 15) is 4.79 Å². The van der Waals surface area contributed by atoms with E-state index in [0.29, 0.717) is 22.2 Å². The number of anilines is 1. The van der Waals surface area contributed by atoms with Gasteiger partial charge in [-0.2, -0.15) is 0 Å². The Morgan fingerprint density at radius 2 is 1.90 bits per heavy atom. The Bertz CT molecular complexity index is 511. The van der Waals surface area contributed by atoms with Crippen LogP contribution in [0.3, 0.4) is 0 Å². The van der Waals surface area contributed by atoms with Crippen LogP contribution in [0.5, 0.6) is 0 Å². The van der Waals surface area contributed by atoms with E-state index in [1.54, 1.807) is 12.1 Å². The van der Waals surface area contributed by atoms with Gasteiger partial charge in [-0.3, -0.25) is 4.79 Å². The molecule has 1 fully saturated rings. The average molecular weight is 315 g/mol. The maximum absolute atomic E-state index is 12.1. The van der Waals surface area contributed by atoms with Gasteiger partial charge in [0.15, 0.2) is 0 Å². The lowest BCUT2D eigenvalue weighted by molar-refractivity contribution is -0.117. The van der Waals surface area contributed by atoms with Crippen molar-refractivity contribution in [3.8, 4) is 0 Å². The number of benzene rings is 1. The summed E-state index contributed by atoms with van der Waals surface area (Å²) in [6.07, 6.45) is 5.54. The number of rotatable bonds is 3. The Labute approximate surface area is 129 Å². The molecule has 3 N–H and O–H groups in total. The highest BCUT2D eigenvalue weighted by atomic mass is 35.5. The normalized spacial score (nSPS) is 17.8. The van der Waals surface area contributed by atoms with Gasteiger partial charge in [-0.15, -0.1) is 0 Å². The fourth-order valence-corrected chi connectivity index (χ4v) is 3.12. The van der Waals surface area contributed by atoms with Gasteiger partial charge < -0.3 is 11.1 Å². The third-order valence-electron chi connectivity index (χ3n) is 3.88. The predicted octanol–water partition coefficient (Wildman–Crippen LogP) is 4.29. The summed E-state index contributed by atoms with van der Waals surface area (Å²) in [5.41, 5.74) is 7.35. The lowest BCUT2D eigenvalue weighted by Crippen LogP contribution is -2.44. The van der Waals surface area contributed by atoms with Crippen LogP contribution in [-0.2, 0) is 4.79 Å². The largest absolute Gasteiger partial charge is 0.325 e. The molecule has 1 aromatic rings. The zero-order chi connectivity index (χ0) is 14.8. The predicted molar refractivity (Wildman–Crippen MR) is 84.4 cm³/mol. The highest BCUT2D eigenvalue weighted by molar-refractivity contribution is 6.36. The average Bonchev–Trinajstić information content (AvgIpc) is 2.36. The van der Waals surface area contributed by atoms with Crippen LogP contribution in [0.15, 0.2) is 12.1 Å². The third kappa shape index (κ3) is 3.87. The van der Waals surface area contributed by atoms with Gasteiger partial charge in [0.1, 0.15) is 0 Å². The van der Waals surface area contributed by atoms with Crippen molar-refractivity contribution in [2.45, 2.75) is 51.0 Å². The van der Waals surface area contributed by atoms with E-state index in [4.69, 9.17) is 28.9 Å². The Morgan fingerprint density at radius 1 is 1.25 bits per heavy atom. The summed E-state index contributed by atoms with van der Waals surface area (Å²) in [5.74, 6) is -0.101. The van der Waals surface area contributed by atoms with Gasteiger partial charge in [-0.1, -0.05) is 42.5 Å². The van der Waals surface area contributed by atoms with Gasteiger partial charge in [0.2, 0.25) is 5.91 Å². The molecule has 0 radical (unpaired) electrons. The Hall–Kier alpha value is -0.770. The first-order valence-electron chi connectivity index (χ1n) is 6.94. The maximum atomic E-state index is 12.1. The summed E-state index contributed by atoms with van der Waals surface area (Å²) in [5, 5.41) is 3.90. The molecule has 0 unspecified atom stereocenters. The minimum absolute atomic E-state index is 0.101. The first-order valence-corrected chi connectivity index (χ1v) is 7.70. The fraction of sp³-hybridized carbons (Fsp3) is 0.533. The molecule has 0 bridgehead atoms. The van der Waals surface area contributed by atoms with E-state index in [-0.39, 0.29) is 11.4 Å². The van der Waals surface area contributed by atoms with Crippen LogP contribution in [0.1, 0.15) is 44.1 Å². The molecule has 1 aromatic carbocycles. The van der Waals surface area contributed by atoms with E-state index in [1.165, 1.54) is 6.42 Å². The van der Waals surface area contributed by atoms with Crippen LogP contribution in [0, 0.1) is 6.92 Å². The van der Waals surface area contributed by atoms with E-state index >= 15 is 0 Å². The molecule has 3 nitrogen and oxygen atoms in total. The van der Waals surface area contributed by atoms with Crippen molar-refractivity contribution in [1.29, 1.82) is 0 Å². The van der Waals surface area contributed by atoms with Crippen LogP contribution in [0.2, 0.25) is 10.0 Å². The van der Waals surface area contributed by atoms with Gasteiger partial charge in [-0.25, -0.2) is 0 Å². The summed E-state index contributed by atoms with van der Waals surface area (Å²) in [4.78, 5) is 12.1. The standard InChI is InChI=1S/C15H20Cl2N2O/c1-10-7-12(17)13(8-11(10)16)19-14(20)9-15(18)5-3-2-4-6-15/h7-8H,2-6,9,18H2,1H3,(H,19,20). The fourth-order valence-electron chi connectivity index (χ4n) is 2.69. The molecule has 1 aliphatic rings. The van der Waals surface area contributed by atoms with E-state index in [0.717, 1.165) is 31.2 Å². The third-order valence-corrected chi connectivity index (χ3v) is 4.60.